The van der Waals surface area contributed by atoms with Gasteiger partial charge in [0.15, 0.2) is 0 Å². The Morgan fingerprint density at radius 2 is 1.00 bits per heavy atom. The van der Waals surface area contributed by atoms with Gasteiger partial charge >= 0.3 is 23.1 Å². The number of hydrogen-bond acceptors (Lipinski definition) is 0. The van der Waals surface area contributed by atoms with E-state index in [2.05, 4.69) is 0 Å². The van der Waals surface area contributed by atoms with E-state index >= 15 is 0 Å². The molecule has 0 aromatic carbocycles. The molecule has 0 aliphatic heterocycles. The molecule has 0 spiro atoms. The fourth-order valence-corrected chi connectivity index (χ4v) is 0. The zero-order valence-corrected chi connectivity index (χ0v) is 9.61. The second kappa shape index (κ2) is 26.5. The van der Waals surface area contributed by atoms with E-state index in [1.807, 2.05) is 0 Å². The van der Waals surface area contributed by atoms with Crippen molar-refractivity contribution in [2.45, 2.75) is 0 Å². The molecule has 0 amide bonds. The SMILES string of the molecule is [Al].[Cu].[MgH2].[Zn].[Zr]. The molecule has 4 radical (unpaired) electrons. The van der Waals surface area contributed by atoms with Gasteiger partial charge in [0.05, 0.1) is 0 Å². The molecule has 0 nitrogen and oxygen atoms in total. The van der Waals surface area contributed by atoms with Crippen LogP contribution in [0.15, 0.2) is 0 Å². The molecule has 0 aliphatic carbocycles. The summed E-state index contributed by atoms with van der Waals surface area (Å²) in [5, 5.41) is 0. The van der Waals surface area contributed by atoms with Crippen molar-refractivity contribution in [1.82, 2.24) is 0 Å². The van der Waals surface area contributed by atoms with Crippen molar-refractivity contribution in [2.75, 3.05) is 0 Å². The first kappa shape index (κ1) is 40.4. The van der Waals surface area contributed by atoms with Crippen molar-refractivity contribution in [3.05, 3.63) is 0 Å². The fourth-order valence-electron chi connectivity index (χ4n) is 0. The van der Waals surface area contributed by atoms with Gasteiger partial charge in [-0.2, -0.15) is 0 Å². The summed E-state index contributed by atoms with van der Waals surface area (Å²) in [6.45, 7) is 0. The van der Waals surface area contributed by atoms with Gasteiger partial charge in [0, 0.05) is 80.1 Å². The number of rotatable bonds is 0. The Hall–Kier alpha value is 3.32. The van der Waals surface area contributed by atoms with Gasteiger partial charge in [-0.15, -0.1) is 0 Å². The van der Waals surface area contributed by atoms with E-state index in [0.29, 0.717) is 0 Å². The topological polar surface area (TPSA) is 0 Å². The van der Waals surface area contributed by atoms with Crippen LogP contribution in [0.1, 0.15) is 0 Å². The van der Waals surface area contributed by atoms with Gasteiger partial charge in [-0.3, -0.25) is 0 Å². The largest absolute Gasteiger partial charge is 0.316 e. The Morgan fingerprint density at radius 3 is 1.00 bits per heavy atom. The first-order chi connectivity index (χ1) is 0. The molecule has 0 atom stereocenters. The maximum Gasteiger partial charge on any atom is 0.316 e. The summed E-state index contributed by atoms with van der Waals surface area (Å²) in [4.78, 5) is 0. The normalized spacial score (nSPS) is 0. The van der Waals surface area contributed by atoms with E-state index < -0.39 is 0 Å². The van der Waals surface area contributed by atoms with Crippen LogP contribution in [0.5, 0.6) is 0 Å². The molecular formula is H2AlCuMgZnZr. The molecule has 5 heavy (non-hydrogen) atoms. The van der Waals surface area contributed by atoms with Crippen LogP contribution in [-0.2, 0) is 62.8 Å². The summed E-state index contributed by atoms with van der Waals surface area (Å²) in [6, 6.07) is 0. The molecule has 0 aliphatic rings. The smallest absolute Gasteiger partial charge is 0 e. The van der Waals surface area contributed by atoms with Gasteiger partial charge in [-0.25, -0.2) is 0 Å². The Kier molecular flexibility index (Phi) is 214. The van der Waals surface area contributed by atoms with Crippen molar-refractivity contribution in [2.24, 2.45) is 0 Å². The molecular weight excluding hydrogens is 271 g/mol. The fraction of sp³-hybridized carbons (Fsp3) is 0. The Balaban J connectivity index is 0. The van der Waals surface area contributed by atoms with Gasteiger partial charge in [0.2, 0.25) is 0 Å². The second-order valence-corrected chi connectivity index (χ2v) is 0. The molecule has 0 heterocycles. The predicted molar refractivity (Wildman–Crippen MR) is 14.3 cm³/mol. The van der Waals surface area contributed by atoms with Crippen LogP contribution in [0.4, 0.5) is 0 Å². The molecule has 0 aromatic heterocycles. The standard InChI is InChI=1S/Al.Cu.Mg.Zn.Zr.2H. The molecule has 0 N–H and O–H groups in total. The monoisotopic (exact) mass is 270 g/mol. The third-order valence-corrected chi connectivity index (χ3v) is 0. The third kappa shape index (κ3) is 18.8. The summed E-state index contributed by atoms with van der Waals surface area (Å²) in [5.41, 5.74) is 0. The van der Waals surface area contributed by atoms with Crippen LogP contribution in [0.2, 0.25) is 0 Å². The minimum atomic E-state index is 0. The maximum absolute atomic E-state index is 0. The minimum Gasteiger partial charge on any atom is 0 e. The zero-order valence-electron chi connectivity index (χ0n) is 2.09. The van der Waals surface area contributed by atoms with Gasteiger partial charge in [-0.1, -0.05) is 0 Å². The third-order valence-electron chi connectivity index (χ3n) is 0. The average molecular weight is 273 g/mol. The van der Waals surface area contributed by atoms with E-state index in [-0.39, 0.29) is 103 Å². The quantitative estimate of drug-likeness (QED) is 0.481. The van der Waals surface area contributed by atoms with Crippen LogP contribution in [0, 0.1) is 0 Å². The van der Waals surface area contributed by atoms with E-state index in [4.69, 9.17) is 0 Å². The summed E-state index contributed by atoms with van der Waals surface area (Å²) in [6.07, 6.45) is 0. The average Bonchev–Trinajstić information content (AvgIpc) is 0. The summed E-state index contributed by atoms with van der Waals surface area (Å²) >= 11 is 0. The maximum atomic E-state index is 0. The van der Waals surface area contributed by atoms with Crippen molar-refractivity contribution in [1.29, 1.82) is 0 Å². The minimum absolute atomic E-state index is 0. The van der Waals surface area contributed by atoms with Crippen LogP contribution in [0.25, 0.3) is 0 Å². The van der Waals surface area contributed by atoms with E-state index in [0.717, 1.165) is 0 Å². The Bertz CT molecular complexity index is 11.6. The predicted octanol–water partition coefficient (Wildman–Crippen LogP) is -1.30. The van der Waals surface area contributed by atoms with Crippen molar-refractivity contribution in [3.63, 3.8) is 0 Å². The molecule has 0 fully saturated rings. The van der Waals surface area contributed by atoms with Crippen molar-refractivity contribution < 1.29 is 62.8 Å². The molecule has 24 valence electrons. The van der Waals surface area contributed by atoms with Crippen LogP contribution >= 0.6 is 0 Å². The van der Waals surface area contributed by atoms with Crippen molar-refractivity contribution >= 4 is 40.4 Å². The number of hydrogen-bond donors (Lipinski definition) is 0. The molecule has 0 aromatic rings. The first-order valence-electron chi connectivity index (χ1n) is 0. The van der Waals surface area contributed by atoms with E-state index in [1.165, 1.54) is 0 Å². The van der Waals surface area contributed by atoms with Gasteiger partial charge in [-0.05, 0) is 0 Å². The second-order valence-electron chi connectivity index (χ2n) is 0. The van der Waals surface area contributed by atoms with Gasteiger partial charge in [0.1, 0.15) is 0 Å². The molecule has 5 heteroatoms. The van der Waals surface area contributed by atoms with E-state index in [9.17, 15) is 0 Å². The zero-order chi connectivity index (χ0) is 0. The van der Waals surface area contributed by atoms with Crippen LogP contribution in [0.3, 0.4) is 0 Å². The van der Waals surface area contributed by atoms with E-state index in [1.54, 1.807) is 0 Å². The van der Waals surface area contributed by atoms with Crippen LogP contribution < -0.4 is 0 Å². The first-order valence-corrected chi connectivity index (χ1v) is 0. The molecule has 0 bridgehead atoms. The van der Waals surface area contributed by atoms with Gasteiger partial charge < -0.3 is 0 Å². The van der Waals surface area contributed by atoms with Gasteiger partial charge in [0.25, 0.3) is 0 Å². The van der Waals surface area contributed by atoms with Crippen LogP contribution in [-0.4, -0.2) is 40.4 Å². The molecule has 0 rings (SSSR count). The summed E-state index contributed by atoms with van der Waals surface area (Å²) < 4.78 is 0. The Labute approximate surface area is 101 Å². The molecule has 0 saturated heterocycles. The summed E-state index contributed by atoms with van der Waals surface area (Å²) in [7, 11) is 0. The summed E-state index contributed by atoms with van der Waals surface area (Å²) in [5.74, 6) is 0. The Morgan fingerprint density at radius 1 is 1.00 bits per heavy atom. The molecule has 0 saturated carbocycles. The van der Waals surface area contributed by atoms with Crippen molar-refractivity contribution in [3.8, 4) is 0 Å². The molecule has 0 unspecified atom stereocenters.